The van der Waals surface area contributed by atoms with E-state index in [9.17, 15) is 18.0 Å². The minimum absolute atomic E-state index is 0.145. The van der Waals surface area contributed by atoms with Gasteiger partial charge >= 0.3 is 12.1 Å². The third-order valence-corrected chi connectivity index (χ3v) is 2.56. The summed E-state index contributed by atoms with van der Waals surface area (Å²) in [5, 5.41) is 0. The van der Waals surface area contributed by atoms with Gasteiger partial charge in [0.25, 0.3) is 0 Å². The Hall–Kier alpha value is -0.790. The second-order valence-corrected chi connectivity index (χ2v) is 4.57. The Bertz CT molecular complexity index is 416. The Morgan fingerprint density at radius 2 is 2.00 bits per heavy atom. The molecule has 6 heteroatoms. The largest absolute Gasteiger partial charge is 0.466 e. The highest BCUT2D eigenvalue weighted by Gasteiger charge is 2.31. The number of carbonyl (C=O) groups is 1. The van der Waals surface area contributed by atoms with Gasteiger partial charge in [-0.3, -0.25) is 4.79 Å². The van der Waals surface area contributed by atoms with Crippen LogP contribution in [0.2, 0.25) is 0 Å². The lowest BCUT2D eigenvalue weighted by Crippen LogP contribution is -2.10. The summed E-state index contributed by atoms with van der Waals surface area (Å²) in [6.45, 7) is 1.86. The minimum Gasteiger partial charge on any atom is -0.466 e. The molecule has 0 aliphatic heterocycles. The number of halogens is 4. The van der Waals surface area contributed by atoms with Crippen LogP contribution in [0, 0.1) is 3.57 Å². The molecule has 0 atom stereocenters. The summed E-state index contributed by atoms with van der Waals surface area (Å²) in [5.74, 6) is -0.525. The predicted octanol–water partition coefficient (Wildman–Crippen LogP) is 3.42. The van der Waals surface area contributed by atoms with Gasteiger partial charge in [-0.1, -0.05) is 0 Å². The number of hydrogen-bond donors (Lipinski definition) is 0. The number of alkyl halides is 3. The quantitative estimate of drug-likeness (QED) is 0.612. The number of ether oxygens (including phenoxy) is 1. The monoisotopic (exact) mass is 358 g/mol. The molecule has 0 fully saturated rings. The van der Waals surface area contributed by atoms with E-state index in [1.165, 1.54) is 6.07 Å². The standard InChI is InChI=1S/C11H10F3IO2/c1-2-17-10(16)5-7-3-8(11(12,13)14)6-9(15)4-7/h3-4,6H,2,5H2,1H3. The first-order chi connectivity index (χ1) is 7.82. The summed E-state index contributed by atoms with van der Waals surface area (Å²) in [4.78, 5) is 11.2. The molecule has 1 aromatic carbocycles. The van der Waals surface area contributed by atoms with E-state index in [4.69, 9.17) is 0 Å². The van der Waals surface area contributed by atoms with Crippen LogP contribution in [0.1, 0.15) is 18.1 Å². The predicted molar refractivity (Wildman–Crippen MR) is 64.5 cm³/mol. The second kappa shape index (κ2) is 5.70. The number of carbonyl (C=O) groups excluding carboxylic acids is 1. The van der Waals surface area contributed by atoms with Gasteiger partial charge in [0, 0.05) is 3.57 Å². The van der Waals surface area contributed by atoms with E-state index in [2.05, 4.69) is 4.74 Å². The van der Waals surface area contributed by atoms with Crippen molar-refractivity contribution in [1.82, 2.24) is 0 Å². The highest BCUT2D eigenvalue weighted by Crippen LogP contribution is 2.31. The first-order valence-electron chi connectivity index (χ1n) is 4.85. The van der Waals surface area contributed by atoms with Crippen LogP contribution in [0.15, 0.2) is 18.2 Å². The highest BCUT2D eigenvalue weighted by molar-refractivity contribution is 14.1. The van der Waals surface area contributed by atoms with Gasteiger partial charge in [0.2, 0.25) is 0 Å². The van der Waals surface area contributed by atoms with Gasteiger partial charge in [-0.25, -0.2) is 0 Å². The maximum absolute atomic E-state index is 12.5. The molecule has 0 N–H and O–H groups in total. The molecule has 17 heavy (non-hydrogen) atoms. The molecular formula is C11H10F3IO2. The first-order valence-corrected chi connectivity index (χ1v) is 5.93. The van der Waals surface area contributed by atoms with Crippen molar-refractivity contribution < 1.29 is 22.7 Å². The molecule has 0 radical (unpaired) electrons. The van der Waals surface area contributed by atoms with Crippen molar-refractivity contribution in [2.24, 2.45) is 0 Å². The lowest BCUT2D eigenvalue weighted by Gasteiger charge is -2.09. The van der Waals surface area contributed by atoms with Crippen molar-refractivity contribution in [1.29, 1.82) is 0 Å². The molecule has 0 saturated carbocycles. The number of rotatable bonds is 3. The van der Waals surface area contributed by atoms with Crippen molar-refractivity contribution in [3.63, 3.8) is 0 Å². The molecule has 0 saturated heterocycles. The van der Waals surface area contributed by atoms with Crippen LogP contribution in [-0.4, -0.2) is 12.6 Å². The SMILES string of the molecule is CCOC(=O)Cc1cc(I)cc(C(F)(F)F)c1. The van der Waals surface area contributed by atoms with Crippen molar-refractivity contribution in [2.45, 2.75) is 19.5 Å². The van der Waals surface area contributed by atoms with E-state index in [0.717, 1.165) is 12.1 Å². The van der Waals surface area contributed by atoms with Crippen LogP contribution in [0.5, 0.6) is 0 Å². The fourth-order valence-electron chi connectivity index (χ4n) is 1.29. The molecule has 0 unspecified atom stereocenters. The molecule has 0 bridgehead atoms. The molecule has 0 heterocycles. The molecule has 1 rings (SSSR count). The average molecular weight is 358 g/mol. The lowest BCUT2D eigenvalue weighted by molar-refractivity contribution is -0.142. The smallest absolute Gasteiger partial charge is 0.416 e. The van der Waals surface area contributed by atoms with E-state index in [1.54, 1.807) is 29.5 Å². The Morgan fingerprint density at radius 3 is 2.53 bits per heavy atom. The van der Waals surface area contributed by atoms with Crippen LogP contribution in [0.25, 0.3) is 0 Å². The fraction of sp³-hybridized carbons (Fsp3) is 0.364. The molecule has 0 amide bonds. The summed E-state index contributed by atoms with van der Waals surface area (Å²) < 4.78 is 42.7. The van der Waals surface area contributed by atoms with Crippen LogP contribution in [0.4, 0.5) is 13.2 Å². The summed E-state index contributed by atoms with van der Waals surface area (Å²) in [7, 11) is 0. The van der Waals surface area contributed by atoms with Gasteiger partial charge in [0.1, 0.15) is 0 Å². The summed E-state index contributed by atoms with van der Waals surface area (Å²) in [6, 6.07) is 3.54. The normalized spacial score (nSPS) is 11.4. The molecule has 0 aliphatic carbocycles. The van der Waals surface area contributed by atoms with Gasteiger partial charge in [0.15, 0.2) is 0 Å². The third kappa shape index (κ3) is 4.53. The number of benzene rings is 1. The van der Waals surface area contributed by atoms with Gasteiger partial charge in [0.05, 0.1) is 18.6 Å². The Labute approximate surface area is 110 Å². The van der Waals surface area contributed by atoms with Crippen molar-refractivity contribution in [3.05, 3.63) is 32.9 Å². The molecular weight excluding hydrogens is 348 g/mol. The highest BCUT2D eigenvalue weighted by atomic mass is 127. The Kier molecular flexibility index (Phi) is 4.79. The van der Waals surface area contributed by atoms with Crippen LogP contribution in [0.3, 0.4) is 0 Å². The van der Waals surface area contributed by atoms with Crippen molar-refractivity contribution in [3.8, 4) is 0 Å². The molecule has 0 spiro atoms. The Morgan fingerprint density at radius 1 is 1.35 bits per heavy atom. The molecule has 94 valence electrons. The second-order valence-electron chi connectivity index (χ2n) is 3.33. The molecule has 1 aromatic rings. The summed E-state index contributed by atoms with van der Waals surface area (Å²) in [5.41, 5.74) is -0.439. The molecule has 2 nitrogen and oxygen atoms in total. The summed E-state index contributed by atoms with van der Waals surface area (Å²) in [6.07, 6.45) is -4.54. The maximum Gasteiger partial charge on any atom is 0.416 e. The first kappa shape index (κ1) is 14.3. The topological polar surface area (TPSA) is 26.3 Å². The maximum atomic E-state index is 12.5. The lowest BCUT2D eigenvalue weighted by atomic mass is 10.1. The molecule has 0 aliphatic rings. The summed E-state index contributed by atoms with van der Waals surface area (Å²) >= 11 is 1.79. The van der Waals surface area contributed by atoms with Gasteiger partial charge in [-0.2, -0.15) is 13.2 Å². The number of esters is 1. The minimum atomic E-state index is -4.40. The zero-order valence-corrected chi connectivity index (χ0v) is 11.1. The van der Waals surface area contributed by atoms with Crippen LogP contribution < -0.4 is 0 Å². The van der Waals surface area contributed by atoms with E-state index in [1.807, 2.05) is 0 Å². The van der Waals surface area contributed by atoms with E-state index in [-0.39, 0.29) is 13.0 Å². The number of hydrogen-bond acceptors (Lipinski definition) is 2. The van der Waals surface area contributed by atoms with Crippen molar-refractivity contribution in [2.75, 3.05) is 6.61 Å². The zero-order chi connectivity index (χ0) is 13.1. The van der Waals surface area contributed by atoms with Crippen LogP contribution in [-0.2, 0) is 22.1 Å². The van der Waals surface area contributed by atoms with Crippen molar-refractivity contribution >= 4 is 28.6 Å². The van der Waals surface area contributed by atoms with E-state index >= 15 is 0 Å². The van der Waals surface area contributed by atoms with Gasteiger partial charge in [-0.05, 0) is 53.3 Å². The van der Waals surface area contributed by atoms with Crippen LogP contribution >= 0.6 is 22.6 Å². The van der Waals surface area contributed by atoms with E-state index < -0.39 is 17.7 Å². The third-order valence-electron chi connectivity index (χ3n) is 1.94. The van der Waals surface area contributed by atoms with Gasteiger partial charge < -0.3 is 4.74 Å². The van der Waals surface area contributed by atoms with Gasteiger partial charge in [-0.15, -0.1) is 0 Å². The molecule has 0 aromatic heterocycles. The fourth-order valence-corrected chi connectivity index (χ4v) is 2.03. The average Bonchev–Trinajstić information content (AvgIpc) is 2.15. The Balaban J connectivity index is 2.94. The zero-order valence-electron chi connectivity index (χ0n) is 8.97. The van der Waals surface area contributed by atoms with E-state index in [0.29, 0.717) is 9.13 Å².